The fraction of sp³-hybridized carbons (Fsp3) is 0.273. The highest BCUT2D eigenvalue weighted by molar-refractivity contribution is 7.89. The van der Waals surface area contributed by atoms with E-state index in [4.69, 9.17) is 4.42 Å². The SMILES string of the molecule is O=C(NCCCS(=O)(=O)N1CCc2ccccc2C1)c1cc2ccccc2oc1=O. The second kappa shape index (κ2) is 8.41. The molecule has 2 heterocycles. The van der Waals surface area contributed by atoms with Gasteiger partial charge in [-0.05, 0) is 36.1 Å². The quantitative estimate of drug-likeness (QED) is 0.482. The maximum atomic E-state index is 12.7. The Balaban J connectivity index is 1.33. The lowest BCUT2D eigenvalue weighted by Crippen LogP contribution is -2.38. The van der Waals surface area contributed by atoms with E-state index in [9.17, 15) is 18.0 Å². The number of sulfonamides is 1. The van der Waals surface area contributed by atoms with Crippen LogP contribution in [-0.2, 0) is 23.0 Å². The fourth-order valence-electron chi connectivity index (χ4n) is 3.61. The number of carbonyl (C=O) groups is 1. The van der Waals surface area contributed by atoms with Gasteiger partial charge < -0.3 is 9.73 Å². The molecule has 30 heavy (non-hydrogen) atoms. The molecule has 2 aromatic carbocycles. The maximum absolute atomic E-state index is 12.7. The van der Waals surface area contributed by atoms with Gasteiger partial charge in [-0.1, -0.05) is 42.5 Å². The third-order valence-electron chi connectivity index (χ3n) is 5.24. The smallest absolute Gasteiger partial charge is 0.349 e. The van der Waals surface area contributed by atoms with Crippen LogP contribution in [-0.4, -0.2) is 37.5 Å². The van der Waals surface area contributed by atoms with Crippen LogP contribution in [0.1, 0.15) is 27.9 Å². The molecule has 0 fully saturated rings. The van der Waals surface area contributed by atoms with Gasteiger partial charge in [0.05, 0.1) is 5.75 Å². The van der Waals surface area contributed by atoms with Gasteiger partial charge in [0.2, 0.25) is 10.0 Å². The minimum Gasteiger partial charge on any atom is -0.422 e. The van der Waals surface area contributed by atoms with Crippen molar-refractivity contribution in [1.82, 2.24) is 9.62 Å². The van der Waals surface area contributed by atoms with E-state index < -0.39 is 21.6 Å². The number of fused-ring (bicyclic) bond motifs is 2. The van der Waals surface area contributed by atoms with E-state index in [1.54, 1.807) is 24.3 Å². The van der Waals surface area contributed by atoms with Crippen molar-refractivity contribution in [1.29, 1.82) is 0 Å². The van der Waals surface area contributed by atoms with E-state index in [2.05, 4.69) is 5.32 Å². The van der Waals surface area contributed by atoms with Gasteiger partial charge in [0.1, 0.15) is 11.1 Å². The summed E-state index contributed by atoms with van der Waals surface area (Å²) in [6.45, 7) is 0.988. The number of amides is 1. The first-order valence-corrected chi connectivity index (χ1v) is 11.4. The molecule has 1 aromatic heterocycles. The highest BCUT2D eigenvalue weighted by Gasteiger charge is 2.26. The van der Waals surface area contributed by atoms with Crippen molar-refractivity contribution >= 4 is 26.9 Å². The number of nitrogens with zero attached hydrogens (tertiary/aromatic N) is 1. The van der Waals surface area contributed by atoms with E-state index >= 15 is 0 Å². The molecule has 8 heteroatoms. The standard InChI is InChI=1S/C22H22N2O5S/c25-21(19-14-17-7-3-4-9-20(17)29-22(19)26)23-11-5-13-30(27,28)24-12-10-16-6-1-2-8-18(16)15-24/h1-4,6-9,14H,5,10-13,15H2,(H,23,25). The molecule has 156 valence electrons. The Morgan fingerprint density at radius 2 is 1.80 bits per heavy atom. The number of nitrogens with one attached hydrogen (secondary N) is 1. The average molecular weight is 426 g/mol. The third kappa shape index (κ3) is 4.29. The number of hydrogen-bond donors (Lipinski definition) is 1. The molecule has 0 spiro atoms. The predicted octanol–water partition coefficient (Wildman–Crippen LogP) is 2.30. The molecule has 1 N–H and O–H groups in total. The Morgan fingerprint density at radius 3 is 2.63 bits per heavy atom. The molecule has 0 saturated heterocycles. The van der Waals surface area contributed by atoms with Gasteiger partial charge >= 0.3 is 5.63 Å². The monoisotopic (exact) mass is 426 g/mol. The van der Waals surface area contributed by atoms with E-state index in [1.165, 1.54) is 15.9 Å². The fourth-order valence-corrected chi connectivity index (χ4v) is 5.08. The molecule has 0 unspecified atom stereocenters. The van der Waals surface area contributed by atoms with Crippen LogP contribution < -0.4 is 10.9 Å². The maximum Gasteiger partial charge on any atom is 0.349 e. The summed E-state index contributed by atoms with van der Waals surface area (Å²) in [6, 6.07) is 16.3. The summed E-state index contributed by atoms with van der Waals surface area (Å²) in [5, 5.41) is 3.26. The molecule has 0 saturated carbocycles. The molecule has 1 amide bonds. The molecule has 4 rings (SSSR count). The van der Waals surface area contributed by atoms with Crippen LogP contribution in [0, 0.1) is 0 Å². The first kappa shape index (κ1) is 20.3. The van der Waals surface area contributed by atoms with Crippen LogP contribution >= 0.6 is 0 Å². The average Bonchev–Trinajstić information content (AvgIpc) is 2.75. The molecule has 1 aliphatic heterocycles. The number of hydrogen-bond acceptors (Lipinski definition) is 5. The first-order valence-electron chi connectivity index (χ1n) is 9.80. The second-order valence-corrected chi connectivity index (χ2v) is 9.35. The van der Waals surface area contributed by atoms with Crippen molar-refractivity contribution in [3.8, 4) is 0 Å². The summed E-state index contributed by atoms with van der Waals surface area (Å²) < 4.78 is 32.0. The Hall–Kier alpha value is -2.97. The van der Waals surface area contributed by atoms with E-state index in [1.807, 2.05) is 24.3 Å². The Bertz CT molecular complexity index is 1250. The van der Waals surface area contributed by atoms with Gasteiger partial charge in [-0.25, -0.2) is 13.2 Å². The largest absolute Gasteiger partial charge is 0.422 e. The molecule has 0 aliphatic carbocycles. The highest BCUT2D eigenvalue weighted by Crippen LogP contribution is 2.21. The number of benzene rings is 2. The molecule has 0 radical (unpaired) electrons. The highest BCUT2D eigenvalue weighted by atomic mass is 32.2. The van der Waals surface area contributed by atoms with Gasteiger partial charge in [-0.2, -0.15) is 4.31 Å². The van der Waals surface area contributed by atoms with Crippen molar-refractivity contribution in [2.24, 2.45) is 0 Å². The summed E-state index contributed by atoms with van der Waals surface area (Å²) in [4.78, 5) is 24.4. The zero-order valence-corrected chi connectivity index (χ0v) is 17.2. The van der Waals surface area contributed by atoms with Crippen molar-refractivity contribution in [2.45, 2.75) is 19.4 Å². The van der Waals surface area contributed by atoms with Gasteiger partial charge in [-0.15, -0.1) is 0 Å². The van der Waals surface area contributed by atoms with Gasteiger partial charge in [0.15, 0.2) is 0 Å². The van der Waals surface area contributed by atoms with Gasteiger partial charge in [0.25, 0.3) is 5.91 Å². The van der Waals surface area contributed by atoms with E-state index in [0.29, 0.717) is 30.5 Å². The van der Waals surface area contributed by atoms with Crippen molar-refractivity contribution < 1.29 is 17.6 Å². The lowest BCUT2D eigenvalue weighted by Gasteiger charge is -2.28. The normalized spacial score (nSPS) is 14.4. The molecular weight excluding hydrogens is 404 g/mol. The lowest BCUT2D eigenvalue weighted by atomic mass is 10.0. The molecule has 3 aromatic rings. The number of para-hydroxylation sites is 1. The molecule has 0 bridgehead atoms. The summed E-state index contributed by atoms with van der Waals surface area (Å²) in [7, 11) is -3.42. The van der Waals surface area contributed by atoms with E-state index in [0.717, 1.165) is 5.56 Å². The van der Waals surface area contributed by atoms with Crippen LogP contribution in [0.3, 0.4) is 0 Å². The second-order valence-electron chi connectivity index (χ2n) is 7.26. The minimum atomic E-state index is -3.42. The van der Waals surface area contributed by atoms with Crippen molar-refractivity contribution in [3.05, 3.63) is 81.7 Å². The van der Waals surface area contributed by atoms with Crippen molar-refractivity contribution in [3.63, 3.8) is 0 Å². The molecule has 0 atom stereocenters. The number of rotatable bonds is 6. The van der Waals surface area contributed by atoms with Crippen LogP contribution in [0.25, 0.3) is 11.0 Å². The summed E-state index contributed by atoms with van der Waals surface area (Å²) in [5.41, 5.74) is 1.82. The Labute approximate surface area is 174 Å². The van der Waals surface area contributed by atoms with Crippen LogP contribution in [0.15, 0.2) is 63.8 Å². The Morgan fingerprint density at radius 1 is 1.07 bits per heavy atom. The van der Waals surface area contributed by atoms with Gasteiger partial charge in [0, 0.05) is 25.0 Å². The van der Waals surface area contributed by atoms with Gasteiger partial charge in [-0.3, -0.25) is 4.79 Å². The number of carbonyl (C=O) groups excluding carboxylic acids is 1. The lowest BCUT2D eigenvalue weighted by molar-refractivity contribution is 0.0950. The summed E-state index contributed by atoms with van der Waals surface area (Å²) >= 11 is 0. The van der Waals surface area contributed by atoms with Crippen LogP contribution in [0.2, 0.25) is 0 Å². The zero-order valence-electron chi connectivity index (χ0n) is 16.3. The Kier molecular flexibility index (Phi) is 5.69. The minimum absolute atomic E-state index is 0.0677. The molecular formula is C22H22N2O5S. The molecule has 7 nitrogen and oxygen atoms in total. The first-order chi connectivity index (χ1) is 14.4. The molecule has 1 aliphatic rings. The van der Waals surface area contributed by atoms with Crippen LogP contribution in [0.5, 0.6) is 0 Å². The van der Waals surface area contributed by atoms with Crippen molar-refractivity contribution in [2.75, 3.05) is 18.8 Å². The third-order valence-corrected chi connectivity index (χ3v) is 7.14. The summed E-state index contributed by atoms with van der Waals surface area (Å²) in [6.07, 6.45) is 0.953. The zero-order chi connectivity index (χ0) is 21.1. The predicted molar refractivity (Wildman–Crippen MR) is 114 cm³/mol. The topological polar surface area (TPSA) is 96.7 Å². The van der Waals surface area contributed by atoms with Crippen LogP contribution in [0.4, 0.5) is 0 Å². The summed E-state index contributed by atoms with van der Waals surface area (Å²) in [5.74, 6) is -0.638. The van der Waals surface area contributed by atoms with E-state index in [-0.39, 0.29) is 24.3 Å².